The lowest BCUT2D eigenvalue weighted by atomic mass is 10.4. The van der Waals surface area contributed by atoms with Crippen molar-refractivity contribution >= 4 is 16.7 Å². The summed E-state index contributed by atoms with van der Waals surface area (Å²) in [6.45, 7) is 3.98. The third-order valence-electron chi connectivity index (χ3n) is 1.67. The monoisotopic (exact) mass is 207 g/mol. The van der Waals surface area contributed by atoms with Crippen LogP contribution in [-0.2, 0) is 20.3 Å². The summed E-state index contributed by atoms with van der Waals surface area (Å²) in [6.07, 6.45) is -0.435. The van der Waals surface area contributed by atoms with Crippen molar-refractivity contribution in [2.24, 2.45) is 0 Å². The second-order valence-corrected chi connectivity index (χ2v) is 4.47. The predicted octanol–water partition coefficient (Wildman–Crippen LogP) is -0.0939. The smallest absolute Gasteiger partial charge is 0.248 e. The van der Waals surface area contributed by atoms with Gasteiger partial charge in [-0.2, -0.15) is 0 Å². The maximum atomic E-state index is 11.1. The largest absolute Gasteiger partial charge is 0.372 e. The SMILES string of the molecule is CCS(=O)CCNC(=O)C(C)OC. The van der Waals surface area contributed by atoms with Crippen molar-refractivity contribution in [3.63, 3.8) is 0 Å². The average molecular weight is 207 g/mol. The van der Waals surface area contributed by atoms with Crippen molar-refractivity contribution in [3.05, 3.63) is 0 Å². The molecule has 1 N–H and O–H groups in total. The fraction of sp³-hybridized carbons (Fsp3) is 0.875. The number of amides is 1. The van der Waals surface area contributed by atoms with E-state index in [9.17, 15) is 9.00 Å². The number of hydrogen-bond donors (Lipinski definition) is 1. The van der Waals surface area contributed by atoms with Gasteiger partial charge in [0.1, 0.15) is 6.10 Å². The molecule has 0 rings (SSSR count). The first-order valence-corrected chi connectivity index (χ1v) is 5.76. The first-order valence-electron chi connectivity index (χ1n) is 4.27. The number of carbonyl (C=O) groups excluding carboxylic acids is 1. The number of ether oxygens (including phenoxy) is 1. The van der Waals surface area contributed by atoms with Crippen molar-refractivity contribution < 1.29 is 13.7 Å². The molecule has 0 aliphatic rings. The number of carbonyl (C=O) groups is 1. The van der Waals surface area contributed by atoms with Gasteiger partial charge in [0.15, 0.2) is 0 Å². The number of rotatable bonds is 6. The van der Waals surface area contributed by atoms with Crippen LogP contribution in [0.5, 0.6) is 0 Å². The maximum Gasteiger partial charge on any atom is 0.248 e. The Morgan fingerprint density at radius 3 is 2.69 bits per heavy atom. The molecular weight excluding hydrogens is 190 g/mol. The molecule has 0 saturated heterocycles. The van der Waals surface area contributed by atoms with E-state index in [-0.39, 0.29) is 5.91 Å². The van der Waals surface area contributed by atoms with E-state index in [0.29, 0.717) is 18.1 Å². The highest BCUT2D eigenvalue weighted by atomic mass is 32.2. The van der Waals surface area contributed by atoms with Crippen LogP contribution >= 0.6 is 0 Å². The molecule has 0 aromatic carbocycles. The zero-order chi connectivity index (χ0) is 10.3. The Kier molecular flexibility index (Phi) is 6.80. The topological polar surface area (TPSA) is 55.4 Å². The molecule has 0 saturated carbocycles. The Balaban J connectivity index is 3.53. The number of methoxy groups -OCH3 is 1. The van der Waals surface area contributed by atoms with Gasteiger partial charge < -0.3 is 10.1 Å². The number of nitrogens with one attached hydrogen (secondary N) is 1. The minimum atomic E-state index is -0.814. The lowest BCUT2D eigenvalue weighted by molar-refractivity contribution is -0.129. The van der Waals surface area contributed by atoms with Crippen molar-refractivity contribution in [2.75, 3.05) is 25.2 Å². The predicted molar refractivity (Wildman–Crippen MR) is 53.0 cm³/mol. The van der Waals surface area contributed by atoms with Gasteiger partial charge in [0.2, 0.25) is 5.91 Å². The second kappa shape index (κ2) is 7.03. The van der Waals surface area contributed by atoms with E-state index in [4.69, 9.17) is 4.74 Å². The lowest BCUT2D eigenvalue weighted by Crippen LogP contribution is -2.36. The van der Waals surface area contributed by atoms with Gasteiger partial charge in [-0.15, -0.1) is 0 Å². The Hall–Kier alpha value is -0.420. The van der Waals surface area contributed by atoms with E-state index in [0.717, 1.165) is 0 Å². The molecule has 0 aromatic rings. The minimum Gasteiger partial charge on any atom is -0.372 e. The molecule has 0 fully saturated rings. The lowest BCUT2D eigenvalue weighted by Gasteiger charge is -2.09. The molecular formula is C8H17NO3S. The summed E-state index contributed by atoms with van der Waals surface area (Å²) in [5.74, 6) is 0.990. The molecule has 0 spiro atoms. The minimum absolute atomic E-state index is 0.157. The molecule has 0 aliphatic carbocycles. The van der Waals surface area contributed by atoms with Crippen LogP contribution in [-0.4, -0.2) is 41.4 Å². The van der Waals surface area contributed by atoms with E-state index in [1.165, 1.54) is 7.11 Å². The quantitative estimate of drug-likeness (QED) is 0.662. The fourth-order valence-corrected chi connectivity index (χ4v) is 1.30. The summed E-state index contributed by atoms with van der Waals surface area (Å²) < 4.78 is 15.8. The zero-order valence-electron chi connectivity index (χ0n) is 8.33. The molecule has 0 heterocycles. The normalized spacial score (nSPS) is 15.0. The molecule has 0 radical (unpaired) electrons. The van der Waals surface area contributed by atoms with E-state index in [1.54, 1.807) is 6.92 Å². The third-order valence-corrected chi connectivity index (χ3v) is 2.98. The van der Waals surface area contributed by atoms with Crippen LogP contribution in [0.1, 0.15) is 13.8 Å². The van der Waals surface area contributed by atoms with Crippen LogP contribution in [0.15, 0.2) is 0 Å². The van der Waals surface area contributed by atoms with Crippen LogP contribution in [0.4, 0.5) is 0 Å². The van der Waals surface area contributed by atoms with Crippen LogP contribution in [0.3, 0.4) is 0 Å². The van der Waals surface area contributed by atoms with Crippen molar-refractivity contribution in [3.8, 4) is 0 Å². The van der Waals surface area contributed by atoms with Gasteiger partial charge in [-0.1, -0.05) is 6.92 Å². The molecule has 0 aromatic heterocycles. The van der Waals surface area contributed by atoms with Crippen LogP contribution in [0.2, 0.25) is 0 Å². The third kappa shape index (κ3) is 5.76. The van der Waals surface area contributed by atoms with Crippen LogP contribution < -0.4 is 5.32 Å². The van der Waals surface area contributed by atoms with Gasteiger partial charge in [0, 0.05) is 36.0 Å². The maximum absolute atomic E-state index is 11.1. The first kappa shape index (κ1) is 12.6. The van der Waals surface area contributed by atoms with Crippen LogP contribution in [0, 0.1) is 0 Å². The zero-order valence-corrected chi connectivity index (χ0v) is 9.15. The standard InChI is InChI=1S/C8H17NO3S/c1-4-13(11)6-5-9-8(10)7(2)12-3/h7H,4-6H2,1-3H3,(H,9,10). The Morgan fingerprint density at radius 1 is 1.62 bits per heavy atom. The molecule has 1 amide bonds. The fourth-order valence-electron chi connectivity index (χ4n) is 0.683. The molecule has 13 heavy (non-hydrogen) atoms. The van der Waals surface area contributed by atoms with Gasteiger partial charge >= 0.3 is 0 Å². The van der Waals surface area contributed by atoms with Crippen molar-refractivity contribution in [1.82, 2.24) is 5.32 Å². The molecule has 0 bridgehead atoms. The molecule has 5 heteroatoms. The van der Waals surface area contributed by atoms with E-state index < -0.39 is 16.9 Å². The Labute approximate surface area is 81.5 Å². The summed E-state index contributed by atoms with van der Waals surface area (Å²) in [7, 11) is 0.666. The molecule has 2 unspecified atom stereocenters. The summed E-state index contributed by atoms with van der Waals surface area (Å²) in [5, 5.41) is 2.64. The van der Waals surface area contributed by atoms with E-state index in [2.05, 4.69) is 5.32 Å². The van der Waals surface area contributed by atoms with Gasteiger partial charge in [-0.3, -0.25) is 9.00 Å². The number of hydrogen-bond acceptors (Lipinski definition) is 3. The van der Waals surface area contributed by atoms with Gasteiger partial charge in [0.05, 0.1) is 0 Å². The second-order valence-electron chi connectivity index (χ2n) is 2.60. The summed E-state index contributed by atoms with van der Waals surface area (Å²) >= 11 is 0. The summed E-state index contributed by atoms with van der Waals surface area (Å²) in [6, 6.07) is 0. The Morgan fingerprint density at radius 2 is 2.23 bits per heavy atom. The highest BCUT2D eigenvalue weighted by Gasteiger charge is 2.10. The van der Waals surface area contributed by atoms with Crippen molar-refractivity contribution in [2.45, 2.75) is 20.0 Å². The molecule has 0 aliphatic heterocycles. The van der Waals surface area contributed by atoms with Gasteiger partial charge in [-0.25, -0.2) is 0 Å². The summed E-state index contributed by atoms with van der Waals surface area (Å²) in [4.78, 5) is 11.1. The molecule has 2 atom stereocenters. The Bertz CT molecular complexity index is 184. The van der Waals surface area contributed by atoms with E-state index >= 15 is 0 Å². The van der Waals surface area contributed by atoms with Gasteiger partial charge in [0.25, 0.3) is 0 Å². The molecule has 4 nitrogen and oxygen atoms in total. The van der Waals surface area contributed by atoms with Crippen molar-refractivity contribution in [1.29, 1.82) is 0 Å². The van der Waals surface area contributed by atoms with Crippen LogP contribution in [0.25, 0.3) is 0 Å². The highest BCUT2D eigenvalue weighted by molar-refractivity contribution is 7.84. The average Bonchev–Trinajstić information content (AvgIpc) is 2.15. The van der Waals surface area contributed by atoms with E-state index in [1.807, 2.05) is 6.92 Å². The van der Waals surface area contributed by atoms with Gasteiger partial charge in [-0.05, 0) is 6.92 Å². The summed E-state index contributed by atoms with van der Waals surface area (Å²) in [5.41, 5.74) is 0. The molecule has 78 valence electrons. The highest BCUT2D eigenvalue weighted by Crippen LogP contribution is 1.86. The first-order chi connectivity index (χ1) is 6.11.